The van der Waals surface area contributed by atoms with E-state index in [2.05, 4.69) is 20.8 Å². The van der Waals surface area contributed by atoms with E-state index >= 15 is 0 Å². The lowest BCUT2D eigenvalue weighted by molar-refractivity contribution is -0.152. The first-order chi connectivity index (χ1) is 10.2. The third-order valence-corrected chi connectivity index (χ3v) is 5.10. The van der Waals surface area contributed by atoms with E-state index in [0.29, 0.717) is 18.8 Å². The lowest BCUT2D eigenvalue weighted by Crippen LogP contribution is -2.51. The van der Waals surface area contributed by atoms with Crippen molar-refractivity contribution < 1.29 is 14.6 Å². The highest BCUT2D eigenvalue weighted by Gasteiger charge is 2.47. The summed E-state index contributed by atoms with van der Waals surface area (Å²) in [5.74, 6) is 0.777. The molecule has 2 aliphatic rings. The van der Waals surface area contributed by atoms with Gasteiger partial charge in [-0.05, 0) is 44.4 Å². The van der Waals surface area contributed by atoms with Gasteiger partial charge in [-0.25, -0.2) is 0 Å². The first-order valence-electron chi connectivity index (χ1n) is 8.81. The molecular weight excluding hydrogens is 278 g/mol. The Balaban J connectivity index is 1.73. The molecule has 1 saturated carbocycles. The Kier molecular flexibility index (Phi) is 5.54. The summed E-state index contributed by atoms with van der Waals surface area (Å²) >= 11 is 0. The third kappa shape index (κ3) is 4.69. The number of ether oxygens (including phenoxy) is 1. The van der Waals surface area contributed by atoms with Crippen LogP contribution in [0.25, 0.3) is 0 Å². The van der Waals surface area contributed by atoms with E-state index in [1.165, 1.54) is 0 Å². The minimum Gasteiger partial charge on any atom is -0.390 e. The summed E-state index contributed by atoms with van der Waals surface area (Å²) in [5.41, 5.74) is -0.357. The third-order valence-electron chi connectivity index (χ3n) is 5.10. The van der Waals surface area contributed by atoms with Gasteiger partial charge in [0.05, 0.1) is 12.2 Å². The zero-order chi connectivity index (χ0) is 16.4. The highest BCUT2D eigenvalue weighted by atomic mass is 16.5. The Bertz CT molecular complexity index is 382. The predicted octanol–water partition coefficient (Wildman–Crippen LogP) is 2.84. The lowest BCUT2D eigenvalue weighted by atomic mass is 9.66. The van der Waals surface area contributed by atoms with Crippen LogP contribution < -0.4 is 0 Å². The van der Waals surface area contributed by atoms with Gasteiger partial charge in [0.1, 0.15) is 0 Å². The Morgan fingerprint density at radius 3 is 2.64 bits per heavy atom. The summed E-state index contributed by atoms with van der Waals surface area (Å²) in [7, 11) is 0. The molecule has 0 aromatic rings. The summed E-state index contributed by atoms with van der Waals surface area (Å²) in [6.07, 6.45) is 4.16. The van der Waals surface area contributed by atoms with E-state index in [4.69, 9.17) is 4.74 Å². The zero-order valence-electron chi connectivity index (χ0n) is 14.7. The Labute approximate surface area is 135 Å². The molecular formula is C18H33NO3. The normalized spacial score (nSPS) is 32.1. The van der Waals surface area contributed by atoms with Crippen molar-refractivity contribution in [2.75, 3.05) is 26.3 Å². The number of likely N-dealkylation sites (tertiary alicyclic amines) is 1. The van der Waals surface area contributed by atoms with Crippen LogP contribution in [-0.4, -0.2) is 47.8 Å². The fourth-order valence-corrected chi connectivity index (χ4v) is 3.56. The largest absolute Gasteiger partial charge is 0.390 e. The molecule has 1 N–H and O–H groups in total. The number of nitrogens with zero attached hydrogens (tertiary/aromatic N) is 1. The van der Waals surface area contributed by atoms with Crippen LogP contribution in [0.3, 0.4) is 0 Å². The smallest absolute Gasteiger partial charge is 0.225 e. The van der Waals surface area contributed by atoms with E-state index < -0.39 is 5.60 Å². The summed E-state index contributed by atoms with van der Waals surface area (Å²) in [6.45, 7) is 11.8. The highest BCUT2D eigenvalue weighted by Crippen LogP contribution is 2.44. The molecule has 4 heteroatoms. The fourth-order valence-electron chi connectivity index (χ4n) is 3.56. The monoisotopic (exact) mass is 311 g/mol. The number of hydrogen-bond donors (Lipinski definition) is 1. The van der Waals surface area contributed by atoms with Crippen LogP contribution >= 0.6 is 0 Å². The molecule has 1 amide bonds. The van der Waals surface area contributed by atoms with Gasteiger partial charge in [-0.1, -0.05) is 20.8 Å². The molecule has 0 radical (unpaired) electrons. The van der Waals surface area contributed by atoms with Gasteiger partial charge in [0.2, 0.25) is 5.91 Å². The van der Waals surface area contributed by atoms with Gasteiger partial charge < -0.3 is 14.7 Å². The number of aliphatic hydroxyl groups is 1. The van der Waals surface area contributed by atoms with E-state index in [0.717, 1.165) is 45.6 Å². The number of amides is 1. The van der Waals surface area contributed by atoms with E-state index in [1.54, 1.807) is 0 Å². The first kappa shape index (κ1) is 17.7. The molecule has 2 fully saturated rings. The van der Waals surface area contributed by atoms with Crippen molar-refractivity contribution in [1.82, 2.24) is 4.90 Å². The maximum absolute atomic E-state index is 12.5. The molecule has 0 spiro atoms. The lowest BCUT2D eigenvalue weighted by Gasteiger charge is -2.45. The molecule has 1 atom stereocenters. The van der Waals surface area contributed by atoms with Crippen LogP contribution in [0.1, 0.15) is 59.8 Å². The van der Waals surface area contributed by atoms with Crippen LogP contribution in [-0.2, 0) is 9.53 Å². The van der Waals surface area contributed by atoms with Gasteiger partial charge >= 0.3 is 0 Å². The Hall–Kier alpha value is -0.610. The second kappa shape index (κ2) is 6.88. The standard InChI is InChI=1S/C18H33NO3/c1-5-22-13-14-6-9-19(12-14)16(20)15-10-18(21,11-15)8-7-17(2,3)4/h14-15,21H,5-13H2,1-4H3. The molecule has 128 valence electrons. The quantitative estimate of drug-likeness (QED) is 0.820. The van der Waals surface area contributed by atoms with Crippen LogP contribution in [0.2, 0.25) is 0 Å². The molecule has 1 heterocycles. The SMILES string of the molecule is CCOCC1CCN(C(=O)C2CC(O)(CCC(C)(C)C)C2)C1. The van der Waals surface area contributed by atoms with Crippen LogP contribution in [0, 0.1) is 17.3 Å². The summed E-state index contributed by atoms with van der Waals surface area (Å²) < 4.78 is 5.47. The Morgan fingerprint density at radius 2 is 2.05 bits per heavy atom. The summed E-state index contributed by atoms with van der Waals surface area (Å²) in [5, 5.41) is 10.5. The van der Waals surface area contributed by atoms with Crippen molar-refractivity contribution in [3.8, 4) is 0 Å². The second-order valence-electron chi connectivity index (χ2n) is 8.49. The van der Waals surface area contributed by atoms with Gasteiger partial charge in [0.25, 0.3) is 0 Å². The van der Waals surface area contributed by atoms with Crippen molar-refractivity contribution in [2.24, 2.45) is 17.3 Å². The van der Waals surface area contributed by atoms with Crippen LogP contribution in [0.4, 0.5) is 0 Å². The number of rotatable bonds is 6. The molecule has 4 nitrogen and oxygen atoms in total. The molecule has 1 unspecified atom stereocenters. The minimum atomic E-state index is -0.599. The maximum atomic E-state index is 12.5. The highest BCUT2D eigenvalue weighted by molar-refractivity contribution is 5.80. The van der Waals surface area contributed by atoms with Gasteiger partial charge in [0.15, 0.2) is 0 Å². The van der Waals surface area contributed by atoms with Gasteiger partial charge in [-0.3, -0.25) is 4.79 Å². The molecule has 1 saturated heterocycles. The first-order valence-corrected chi connectivity index (χ1v) is 8.81. The van der Waals surface area contributed by atoms with Crippen LogP contribution in [0.15, 0.2) is 0 Å². The topological polar surface area (TPSA) is 49.8 Å². The average molecular weight is 311 g/mol. The van der Waals surface area contributed by atoms with Crippen molar-refractivity contribution in [1.29, 1.82) is 0 Å². The average Bonchev–Trinajstić information content (AvgIpc) is 2.87. The van der Waals surface area contributed by atoms with Crippen molar-refractivity contribution >= 4 is 5.91 Å². The molecule has 2 rings (SSSR count). The van der Waals surface area contributed by atoms with E-state index in [1.807, 2.05) is 11.8 Å². The number of carbonyl (C=O) groups is 1. The molecule has 0 aromatic carbocycles. The zero-order valence-corrected chi connectivity index (χ0v) is 14.7. The van der Waals surface area contributed by atoms with E-state index in [-0.39, 0.29) is 17.2 Å². The maximum Gasteiger partial charge on any atom is 0.225 e. The van der Waals surface area contributed by atoms with Crippen molar-refractivity contribution in [2.45, 2.75) is 65.4 Å². The molecule has 1 aliphatic carbocycles. The summed E-state index contributed by atoms with van der Waals surface area (Å²) in [6, 6.07) is 0. The van der Waals surface area contributed by atoms with Crippen molar-refractivity contribution in [3.63, 3.8) is 0 Å². The molecule has 0 aromatic heterocycles. The molecule has 0 bridgehead atoms. The van der Waals surface area contributed by atoms with Crippen molar-refractivity contribution in [3.05, 3.63) is 0 Å². The van der Waals surface area contributed by atoms with Crippen LogP contribution in [0.5, 0.6) is 0 Å². The second-order valence-corrected chi connectivity index (χ2v) is 8.49. The predicted molar refractivity (Wildman–Crippen MR) is 87.5 cm³/mol. The number of hydrogen-bond acceptors (Lipinski definition) is 3. The van der Waals surface area contributed by atoms with Gasteiger partial charge in [-0.2, -0.15) is 0 Å². The number of carbonyl (C=O) groups excluding carboxylic acids is 1. The van der Waals surface area contributed by atoms with Gasteiger partial charge in [0, 0.05) is 31.5 Å². The minimum absolute atomic E-state index is 0.0378. The Morgan fingerprint density at radius 1 is 1.36 bits per heavy atom. The van der Waals surface area contributed by atoms with E-state index in [9.17, 15) is 9.90 Å². The summed E-state index contributed by atoms with van der Waals surface area (Å²) in [4.78, 5) is 14.5. The molecule has 22 heavy (non-hydrogen) atoms. The molecule has 1 aliphatic heterocycles. The fraction of sp³-hybridized carbons (Fsp3) is 0.944. The van der Waals surface area contributed by atoms with Gasteiger partial charge in [-0.15, -0.1) is 0 Å².